The number of carbonyl (C=O) groups is 1. The minimum atomic E-state index is -3.22. The van der Waals surface area contributed by atoms with Gasteiger partial charge in [-0.25, -0.2) is 8.42 Å². The Hall–Kier alpha value is -2.46. The highest BCUT2D eigenvalue weighted by molar-refractivity contribution is 7.91. The molecule has 0 atom stereocenters. The van der Waals surface area contributed by atoms with Gasteiger partial charge in [-0.1, -0.05) is 55.5 Å². The summed E-state index contributed by atoms with van der Waals surface area (Å²) in [6.07, 6.45) is 0.856. The van der Waals surface area contributed by atoms with Crippen LogP contribution < -0.4 is 0 Å². The lowest BCUT2D eigenvalue weighted by Gasteiger charge is -2.10. The van der Waals surface area contributed by atoms with E-state index >= 15 is 0 Å². The van der Waals surface area contributed by atoms with Gasteiger partial charge < -0.3 is 0 Å². The Kier molecular flexibility index (Phi) is 4.01. The molecule has 3 aromatic rings. The van der Waals surface area contributed by atoms with Gasteiger partial charge in [-0.05, 0) is 34.0 Å². The third-order valence-electron chi connectivity index (χ3n) is 3.99. The van der Waals surface area contributed by atoms with E-state index in [9.17, 15) is 13.2 Å². The molecule has 4 heteroatoms. The van der Waals surface area contributed by atoms with Gasteiger partial charge in [0.05, 0.1) is 10.6 Å². The Morgan fingerprint density at radius 2 is 1.61 bits per heavy atom. The first-order chi connectivity index (χ1) is 11.1. The molecule has 3 aromatic carbocycles. The van der Waals surface area contributed by atoms with Crippen molar-refractivity contribution in [3.8, 4) is 11.1 Å². The number of benzene rings is 3. The molecule has 0 fully saturated rings. The van der Waals surface area contributed by atoms with E-state index in [-0.39, 0.29) is 5.75 Å². The quantitative estimate of drug-likeness (QED) is 0.679. The minimum Gasteiger partial charge on any atom is -0.298 e. The molecule has 0 amide bonds. The highest BCUT2D eigenvalue weighted by Crippen LogP contribution is 2.30. The summed E-state index contributed by atoms with van der Waals surface area (Å²) in [7, 11) is -3.22. The molecule has 0 unspecified atom stereocenters. The second-order valence-electron chi connectivity index (χ2n) is 5.29. The van der Waals surface area contributed by atoms with Crippen molar-refractivity contribution < 1.29 is 13.2 Å². The van der Waals surface area contributed by atoms with Gasteiger partial charge in [0, 0.05) is 5.56 Å². The molecule has 3 rings (SSSR count). The highest BCUT2D eigenvalue weighted by Gasteiger charge is 2.13. The lowest BCUT2D eigenvalue weighted by atomic mass is 9.95. The van der Waals surface area contributed by atoms with Crippen LogP contribution in [0.3, 0.4) is 0 Å². The van der Waals surface area contributed by atoms with Crippen LogP contribution in [0.2, 0.25) is 0 Å². The van der Waals surface area contributed by atoms with Gasteiger partial charge in [0.2, 0.25) is 0 Å². The number of rotatable bonds is 4. The summed E-state index contributed by atoms with van der Waals surface area (Å²) in [6.45, 7) is 1.62. The summed E-state index contributed by atoms with van der Waals surface area (Å²) >= 11 is 0. The summed E-state index contributed by atoms with van der Waals surface area (Å²) in [5, 5.41) is 1.90. The van der Waals surface area contributed by atoms with Gasteiger partial charge in [0.1, 0.15) is 0 Å². The number of hydrogen-bond donors (Lipinski definition) is 0. The van der Waals surface area contributed by atoms with Crippen LogP contribution in [0.4, 0.5) is 0 Å². The largest absolute Gasteiger partial charge is 0.298 e. The summed E-state index contributed by atoms with van der Waals surface area (Å²) in [4.78, 5) is 11.9. The number of fused-ring (bicyclic) bond motifs is 1. The maximum absolute atomic E-state index is 11.9. The normalized spacial score (nSPS) is 11.5. The summed E-state index contributed by atoms with van der Waals surface area (Å²) in [5.74, 6) is 0.0713. The molecular weight excluding hydrogens is 308 g/mol. The van der Waals surface area contributed by atoms with Crippen molar-refractivity contribution in [3.63, 3.8) is 0 Å². The molecule has 0 N–H and O–H groups in total. The molecule has 0 spiro atoms. The molecule has 3 nitrogen and oxygen atoms in total. The maximum Gasteiger partial charge on any atom is 0.178 e. The zero-order chi connectivity index (χ0) is 16.4. The Labute approximate surface area is 135 Å². The first-order valence-electron chi connectivity index (χ1n) is 7.37. The van der Waals surface area contributed by atoms with Crippen LogP contribution in [-0.4, -0.2) is 20.5 Å². The summed E-state index contributed by atoms with van der Waals surface area (Å²) < 4.78 is 23.8. The predicted octanol–water partition coefficient (Wildman–Crippen LogP) is 4.11. The minimum absolute atomic E-state index is 0.0713. The van der Waals surface area contributed by atoms with Crippen LogP contribution in [0.15, 0.2) is 65.6 Å². The van der Waals surface area contributed by atoms with Crippen molar-refractivity contribution in [1.29, 1.82) is 0 Å². The van der Waals surface area contributed by atoms with Crippen molar-refractivity contribution >= 4 is 26.9 Å². The average Bonchev–Trinajstić information content (AvgIpc) is 2.60. The Morgan fingerprint density at radius 3 is 2.26 bits per heavy atom. The highest BCUT2D eigenvalue weighted by atomic mass is 32.2. The zero-order valence-electron chi connectivity index (χ0n) is 12.7. The van der Waals surface area contributed by atoms with Crippen molar-refractivity contribution in [2.75, 3.05) is 5.75 Å². The fraction of sp³-hybridized carbons (Fsp3) is 0.105. The number of hydrogen-bond acceptors (Lipinski definition) is 3. The standard InChI is InChI=1S/C19H16O3S/c1-2-23(21,22)16-10-7-15(8-11-16)18-12-9-14-5-3-4-6-17(14)19(18)13-20/h3-13H,2H2,1H3. The Morgan fingerprint density at radius 1 is 0.913 bits per heavy atom. The summed E-state index contributed by atoms with van der Waals surface area (Å²) in [6, 6.07) is 18.3. The molecule has 0 aromatic heterocycles. The van der Waals surface area contributed by atoms with E-state index in [1.807, 2.05) is 36.4 Å². The fourth-order valence-electron chi connectivity index (χ4n) is 2.68. The van der Waals surface area contributed by atoms with Crippen molar-refractivity contribution in [2.45, 2.75) is 11.8 Å². The first-order valence-corrected chi connectivity index (χ1v) is 9.02. The summed E-state index contributed by atoms with van der Waals surface area (Å²) in [5.41, 5.74) is 2.25. The lowest BCUT2D eigenvalue weighted by molar-refractivity contribution is 0.112. The third kappa shape index (κ3) is 2.78. The van der Waals surface area contributed by atoms with Crippen LogP contribution in [-0.2, 0) is 9.84 Å². The van der Waals surface area contributed by atoms with Crippen molar-refractivity contribution in [1.82, 2.24) is 0 Å². The van der Waals surface area contributed by atoms with Crippen molar-refractivity contribution in [3.05, 3.63) is 66.2 Å². The molecular formula is C19H16O3S. The van der Waals surface area contributed by atoms with E-state index in [2.05, 4.69) is 0 Å². The molecule has 0 saturated heterocycles. The average molecular weight is 324 g/mol. The van der Waals surface area contributed by atoms with Gasteiger partial charge in [-0.3, -0.25) is 4.79 Å². The molecule has 0 heterocycles. The number of sulfone groups is 1. The number of carbonyl (C=O) groups excluding carboxylic acids is 1. The zero-order valence-corrected chi connectivity index (χ0v) is 13.5. The van der Waals surface area contributed by atoms with Gasteiger partial charge in [-0.15, -0.1) is 0 Å². The topological polar surface area (TPSA) is 51.2 Å². The fourth-order valence-corrected chi connectivity index (χ4v) is 3.57. The molecule has 116 valence electrons. The molecule has 0 aliphatic carbocycles. The molecule has 0 aliphatic heterocycles. The van der Waals surface area contributed by atoms with E-state index in [0.717, 1.165) is 28.2 Å². The third-order valence-corrected chi connectivity index (χ3v) is 5.74. The molecule has 0 radical (unpaired) electrons. The molecule has 0 saturated carbocycles. The van der Waals surface area contributed by atoms with E-state index in [1.165, 1.54) is 0 Å². The molecule has 0 aliphatic rings. The predicted molar refractivity (Wildman–Crippen MR) is 92.5 cm³/mol. The molecule has 23 heavy (non-hydrogen) atoms. The maximum atomic E-state index is 11.9. The second kappa shape index (κ2) is 5.97. The first kappa shape index (κ1) is 15.4. The van der Waals surface area contributed by atoms with Crippen LogP contribution >= 0.6 is 0 Å². The van der Waals surface area contributed by atoms with Crippen molar-refractivity contribution in [2.24, 2.45) is 0 Å². The van der Waals surface area contributed by atoms with Crippen LogP contribution in [0.1, 0.15) is 17.3 Å². The number of aldehydes is 1. The van der Waals surface area contributed by atoms with E-state index in [1.54, 1.807) is 31.2 Å². The van der Waals surface area contributed by atoms with Crippen LogP contribution in [0, 0.1) is 0 Å². The van der Waals surface area contributed by atoms with Gasteiger partial charge in [0.25, 0.3) is 0 Å². The Balaban J connectivity index is 2.16. The van der Waals surface area contributed by atoms with E-state index in [4.69, 9.17) is 0 Å². The van der Waals surface area contributed by atoms with E-state index in [0.29, 0.717) is 10.5 Å². The van der Waals surface area contributed by atoms with Gasteiger partial charge >= 0.3 is 0 Å². The smallest absolute Gasteiger partial charge is 0.178 e. The van der Waals surface area contributed by atoms with E-state index < -0.39 is 9.84 Å². The lowest BCUT2D eigenvalue weighted by Crippen LogP contribution is -2.03. The monoisotopic (exact) mass is 324 g/mol. The van der Waals surface area contributed by atoms with Gasteiger partial charge in [-0.2, -0.15) is 0 Å². The van der Waals surface area contributed by atoms with Gasteiger partial charge in [0.15, 0.2) is 16.1 Å². The van der Waals surface area contributed by atoms with Crippen LogP contribution in [0.5, 0.6) is 0 Å². The second-order valence-corrected chi connectivity index (χ2v) is 7.57. The SMILES string of the molecule is CCS(=O)(=O)c1ccc(-c2ccc3ccccc3c2C=O)cc1. The van der Waals surface area contributed by atoms with Crippen LogP contribution in [0.25, 0.3) is 21.9 Å². The Bertz CT molecular complexity index is 971. The molecule has 0 bridgehead atoms.